The standard InChI is InChI=1S/C13H17ClFN3/c14-10-7-12(15)13(16-8-10)18-6-5-17-4-2-1-3-11(17)9-18/h7-8,11H,1-6,9H2. The van der Waals surface area contributed by atoms with E-state index in [4.69, 9.17) is 11.6 Å². The van der Waals surface area contributed by atoms with Gasteiger partial charge in [0, 0.05) is 31.9 Å². The Balaban J connectivity index is 1.77. The number of anilines is 1. The van der Waals surface area contributed by atoms with Crippen LogP contribution in [0.15, 0.2) is 12.3 Å². The lowest BCUT2D eigenvalue weighted by molar-refractivity contribution is 0.133. The maximum Gasteiger partial charge on any atom is 0.167 e. The van der Waals surface area contributed by atoms with E-state index in [0.717, 1.165) is 19.6 Å². The number of pyridine rings is 1. The summed E-state index contributed by atoms with van der Waals surface area (Å²) >= 11 is 5.74. The number of fused-ring (bicyclic) bond motifs is 1. The van der Waals surface area contributed by atoms with Gasteiger partial charge in [-0.25, -0.2) is 9.37 Å². The smallest absolute Gasteiger partial charge is 0.167 e. The molecule has 0 bridgehead atoms. The van der Waals surface area contributed by atoms with Crippen LogP contribution in [-0.2, 0) is 0 Å². The molecule has 1 atom stereocenters. The Kier molecular flexibility index (Phi) is 3.39. The molecule has 2 fully saturated rings. The third-order valence-corrected chi connectivity index (χ3v) is 4.13. The Hall–Kier alpha value is -0.870. The van der Waals surface area contributed by atoms with E-state index in [1.165, 1.54) is 38.1 Å². The molecule has 0 aromatic carbocycles. The number of hydrogen-bond donors (Lipinski definition) is 0. The lowest BCUT2D eigenvalue weighted by atomic mass is 9.99. The Morgan fingerprint density at radius 3 is 3.00 bits per heavy atom. The van der Waals surface area contributed by atoms with Crippen molar-refractivity contribution in [2.75, 3.05) is 31.1 Å². The van der Waals surface area contributed by atoms with Crippen LogP contribution in [0.25, 0.3) is 0 Å². The minimum Gasteiger partial charge on any atom is -0.351 e. The number of halogens is 2. The summed E-state index contributed by atoms with van der Waals surface area (Å²) in [6, 6.07) is 1.90. The van der Waals surface area contributed by atoms with E-state index in [0.29, 0.717) is 16.9 Å². The zero-order valence-corrected chi connectivity index (χ0v) is 11.0. The average Bonchev–Trinajstić information content (AvgIpc) is 2.38. The van der Waals surface area contributed by atoms with Crippen LogP contribution in [0.1, 0.15) is 19.3 Å². The van der Waals surface area contributed by atoms with E-state index in [9.17, 15) is 4.39 Å². The highest BCUT2D eigenvalue weighted by molar-refractivity contribution is 6.30. The molecule has 5 heteroatoms. The Labute approximate surface area is 112 Å². The number of piperidine rings is 1. The third kappa shape index (κ3) is 2.31. The monoisotopic (exact) mass is 269 g/mol. The number of aromatic nitrogens is 1. The fourth-order valence-electron chi connectivity index (χ4n) is 2.99. The second kappa shape index (κ2) is 5.02. The molecule has 1 unspecified atom stereocenters. The lowest BCUT2D eigenvalue weighted by Crippen LogP contribution is -2.55. The van der Waals surface area contributed by atoms with Crippen LogP contribution in [-0.4, -0.2) is 42.1 Å². The van der Waals surface area contributed by atoms with Crippen molar-refractivity contribution in [3.05, 3.63) is 23.1 Å². The fraction of sp³-hybridized carbons (Fsp3) is 0.615. The number of piperazine rings is 1. The zero-order valence-electron chi connectivity index (χ0n) is 10.3. The maximum atomic E-state index is 13.9. The van der Waals surface area contributed by atoms with Crippen LogP contribution in [0.5, 0.6) is 0 Å². The Morgan fingerprint density at radius 1 is 1.28 bits per heavy atom. The van der Waals surface area contributed by atoms with E-state index < -0.39 is 0 Å². The highest BCUT2D eigenvalue weighted by Gasteiger charge is 2.30. The van der Waals surface area contributed by atoms with E-state index in [2.05, 4.69) is 14.8 Å². The van der Waals surface area contributed by atoms with Gasteiger partial charge >= 0.3 is 0 Å². The quantitative estimate of drug-likeness (QED) is 0.781. The molecule has 0 aliphatic carbocycles. The van der Waals surface area contributed by atoms with E-state index >= 15 is 0 Å². The number of rotatable bonds is 1. The van der Waals surface area contributed by atoms with Crippen molar-refractivity contribution in [3.8, 4) is 0 Å². The molecule has 2 saturated heterocycles. The molecule has 3 nitrogen and oxygen atoms in total. The minimum atomic E-state index is -0.313. The first kappa shape index (κ1) is 12.2. The minimum absolute atomic E-state index is 0.313. The van der Waals surface area contributed by atoms with Crippen molar-refractivity contribution in [3.63, 3.8) is 0 Å². The molecule has 0 radical (unpaired) electrons. The molecule has 18 heavy (non-hydrogen) atoms. The van der Waals surface area contributed by atoms with E-state index in [1.807, 2.05) is 0 Å². The van der Waals surface area contributed by atoms with Gasteiger partial charge in [-0.05, 0) is 25.5 Å². The molecule has 1 aromatic rings. The molecular formula is C13H17ClFN3. The van der Waals surface area contributed by atoms with Gasteiger partial charge in [0.05, 0.1) is 5.02 Å². The molecule has 3 heterocycles. The largest absolute Gasteiger partial charge is 0.351 e. The molecule has 1 aromatic heterocycles. The third-order valence-electron chi connectivity index (χ3n) is 3.93. The van der Waals surface area contributed by atoms with Crippen molar-refractivity contribution in [2.45, 2.75) is 25.3 Å². The summed E-state index contributed by atoms with van der Waals surface area (Å²) in [6.45, 7) is 3.93. The van der Waals surface area contributed by atoms with Gasteiger partial charge < -0.3 is 4.90 Å². The molecule has 0 amide bonds. The topological polar surface area (TPSA) is 19.4 Å². The first-order chi connectivity index (χ1) is 8.74. The Bertz CT molecular complexity index is 440. The highest BCUT2D eigenvalue weighted by atomic mass is 35.5. The number of nitrogens with zero attached hydrogens (tertiary/aromatic N) is 3. The van der Waals surface area contributed by atoms with Gasteiger partial charge in [0.15, 0.2) is 11.6 Å². The average molecular weight is 270 g/mol. The van der Waals surface area contributed by atoms with Crippen molar-refractivity contribution in [1.82, 2.24) is 9.88 Å². The molecule has 2 aliphatic heterocycles. The first-order valence-corrected chi connectivity index (χ1v) is 6.92. The number of hydrogen-bond acceptors (Lipinski definition) is 3. The summed E-state index contributed by atoms with van der Waals surface area (Å²) in [6.07, 6.45) is 5.31. The van der Waals surface area contributed by atoms with Crippen molar-refractivity contribution >= 4 is 17.4 Å². The van der Waals surface area contributed by atoms with Gasteiger partial charge in [-0.3, -0.25) is 4.90 Å². The van der Waals surface area contributed by atoms with E-state index in [-0.39, 0.29) is 5.82 Å². The van der Waals surface area contributed by atoms with Crippen LogP contribution in [0.3, 0.4) is 0 Å². The van der Waals surface area contributed by atoms with Crippen LogP contribution in [0.2, 0.25) is 5.02 Å². The van der Waals surface area contributed by atoms with Crippen LogP contribution < -0.4 is 4.90 Å². The Morgan fingerprint density at radius 2 is 2.17 bits per heavy atom. The van der Waals surface area contributed by atoms with Crippen LogP contribution >= 0.6 is 11.6 Å². The van der Waals surface area contributed by atoms with Gasteiger partial charge in [-0.15, -0.1) is 0 Å². The molecule has 2 aliphatic rings. The van der Waals surface area contributed by atoms with Gasteiger partial charge in [0.1, 0.15) is 0 Å². The maximum absolute atomic E-state index is 13.9. The second-order valence-corrected chi connectivity index (χ2v) is 5.53. The molecule has 98 valence electrons. The predicted molar refractivity (Wildman–Crippen MR) is 70.6 cm³/mol. The summed E-state index contributed by atoms with van der Waals surface area (Å²) in [5, 5.41) is 0.354. The van der Waals surface area contributed by atoms with Gasteiger partial charge in [0.25, 0.3) is 0 Å². The predicted octanol–water partition coefficient (Wildman–Crippen LogP) is 2.55. The van der Waals surface area contributed by atoms with E-state index in [1.54, 1.807) is 0 Å². The lowest BCUT2D eigenvalue weighted by Gasteiger charge is -2.44. The fourth-order valence-corrected chi connectivity index (χ4v) is 3.13. The molecule has 0 saturated carbocycles. The second-order valence-electron chi connectivity index (χ2n) is 5.09. The first-order valence-electron chi connectivity index (χ1n) is 6.54. The summed E-state index contributed by atoms with van der Waals surface area (Å²) < 4.78 is 13.9. The molecule has 3 rings (SSSR count). The molecule has 0 spiro atoms. The van der Waals surface area contributed by atoms with Crippen molar-refractivity contribution < 1.29 is 4.39 Å². The highest BCUT2D eigenvalue weighted by Crippen LogP contribution is 2.26. The summed E-state index contributed by atoms with van der Waals surface area (Å²) in [4.78, 5) is 8.71. The van der Waals surface area contributed by atoms with Crippen LogP contribution in [0, 0.1) is 5.82 Å². The molecule has 0 N–H and O–H groups in total. The normalized spacial score (nSPS) is 25.0. The van der Waals surface area contributed by atoms with Gasteiger partial charge in [-0.2, -0.15) is 0 Å². The SMILES string of the molecule is Fc1cc(Cl)cnc1N1CCN2CCCCC2C1. The summed E-state index contributed by atoms with van der Waals surface area (Å²) in [7, 11) is 0. The molecular weight excluding hydrogens is 253 g/mol. The zero-order chi connectivity index (χ0) is 12.5. The van der Waals surface area contributed by atoms with Crippen LogP contribution in [0.4, 0.5) is 10.2 Å². The van der Waals surface area contributed by atoms with Gasteiger partial charge in [-0.1, -0.05) is 18.0 Å². The van der Waals surface area contributed by atoms with Crippen molar-refractivity contribution in [1.29, 1.82) is 0 Å². The van der Waals surface area contributed by atoms with Crippen molar-refractivity contribution in [2.24, 2.45) is 0 Å². The summed E-state index contributed by atoms with van der Waals surface area (Å²) in [5.74, 6) is 0.136. The van der Waals surface area contributed by atoms with Gasteiger partial charge in [0.2, 0.25) is 0 Å². The summed E-state index contributed by atoms with van der Waals surface area (Å²) in [5.41, 5.74) is 0.